The van der Waals surface area contributed by atoms with Crippen molar-refractivity contribution in [2.75, 3.05) is 0 Å². The lowest BCUT2D eigenvalue weighted by Gasteiger charge is -2.15. The summed E-state index contributed by atoms with van der Waals surface area (Å²) >= 11 is 0. The molecule has 0 unspecified atom stereocenters. The second-order valence-electron chi connectivity index (χ2n) is 6.15. The van der Waals surface area contributed by atoms with Crippen LogP contribution in [0.25, 0.3) is 33.2 Å². The van der Waals surface area contributed by atoms with Gasteiger partial charge in [-0.2, -0.15) is 31.4 Å². The molecule has 0 bridgehead atoms. The van der Waals surface area contributed by atoms with E-state index in [0.717, 1.165) is 36.8 Å². The summed E-state index contributed by atoms with van der Waals surface area (Å²) in [7, 11) is 0. The first-order chi connectivity index (χ1) is 13.6. The van der Waals surface area contributed by atoms with Crippen molar-refractivity contribution in [1.82, 2.24) is 24.7 Å². The van der Waals surface area contributed by atoms with Crippen molar-refractivity contribution in [3.8, 4) is 11.3 Å². The first-order valence-electron chi connectivity index (χ1n) is 8.01. The molecular formula is C17H9F6N5O. The number of pyridine rings is 3. The molecule has 4 aromatic heterocycles. The van der Waals surface area contributed by atoms with Crippen molar-refractivity contribution >= 4 is 21.9 Å². The van der Waals surface area contributed by atoms with Gasteiger partial charge in [-0.1, -0.05) is 0 Å². The molecule has 0 amide bonds. The summed E-state index contributed by atoms with van der Waals surface area (Å²) < 4.78 is 79.5. The molecule has 1 N–H and O–H groups in total. The molecule has 0 aliphatic heterocycles. The van der Waals surface area contributed by atoms with Crippen LogP contribution in [0.1, 0.15) is 5.56 Å². The van der Waals surface area contributed by atoms with Gasteiger partial charge in [0.25, 0.3) is 5.56 Å². The quantitative estimate of drug-likeness (QED) is 0.506. The van der Waals surface area contributed by atoms with Gasteiger partial charge in [0.15, 0.2) is 0 Å². The highest BCUT2D eigenvalue weighted by molar-refractivity contribution is 6.01. The largest absolute Gasteiger partial charge is 0.418 e. The number of H-pyrrole nitrogens is 1. The molecule has 6 nitrogen and oxygen atoms in total. The highest BCUT2D eigenvalue weighted by Gasteiger charge is 2.35. The van der Waals surface area contributed by atoms with Gasteiger partial charge in [-0.3, -0.25) is 24.4 Å². The zero-order valence-electron chi connectivity index (χ0n) is 14.1. The van der Waals surface area contributed by atoms with Crippen LogP contribution in [0.2, 0.25) is 0 Å². The highest BCUT2D eigenvalue weighted by atomic mass is 19.4. The molecule has 0 aromatic carbocycles. The van der Waals surface area contributed by atoms with E-state index in [-0.39, 0.29) is 27.5 Å². The monoisotopic (exact) mass is 413 g/mol. The van der Waals surface area contributed by atoms with E-state index in [0.29, 0.717) is 4.57 Å². The summed E-state index contributed by atoms with van der Waals surface area (Å²) in [5.41, 5.74) is -2.99. The van der Waals surface area contributed by atoms with Crippen molar-refractivity contribution in [1.29, 1.82) is 0 Å². The summed E-state index contributed by atoms with van der Waals surface area (Å²) in [5, 5.41) is 6.03. The van der Waals surface area contributed by atoms with Gasteiger partial charge in [-0.15, -0.1) is 0 Å². The first kappa shape index (κ1) is 18.9. The van der Waals surface area contributed by atoms with Crippen molar-refractivity contribution in [2.45, 2.75) is 18.9 Å². The van der Waals surface area contributed by atoms with Crippen LogP contribution in [0.3, 0.4) is 0 Å². The molecule has 0 aliphatic carbocycles. The number of nitrogens with zero attached hydrogens (tertiary/aromatic N) is 4. The Hall–Kier alpha value is -3.44. The van der Waals surface area contributed by atoms with E-state index in [1.165, 1.54) is 0 Å². The molecule has 4 heterocycles. The van der Waals surface area contributed by atoms with Crippen LogP contribution in [0.4, 0.5) is 26.3 Å². The van der Waals surface area contributed by atoms with E-state index < -0.39 is 35.7 Å². The Bertz CT molecular complexity index is 1290. The van der Waals surface area contributed by atoms with E-state index in [2.05, 4.69) is 20.2 Å². The van der Waals surface area contributed by atoms with Gasteiger partial charge >= 0.3 is 12.4 Å². The lowest BCUT2D eigenvalue weighted by molar-refractivity contribution is -0.140. The van der Waals surface area contributed by atoms with E-state index in [4.69, 9.17) is 0 Å². The van der Waals surface area contributed by atoms with Gasteiger partial charge in [0.1, 0.15) is 12.1 Å². The van der Waals surface area contributed by atoms with Crippen LogP contribution < -0.4 is 5.56 Å². The van der Waals surface area contributed by atoms with Crippen LogP contribution in [0, 0.1) is 0 Å². The highest BCUT2D eigenvalue weighted by Crippen LogP contribution is 2.36. The van der Waals surface area contributed by atoms with Gasteiger partial charge in [-0.05, 0) is 18.2 Å². The zero-order chi connectivity index (χ0) is 21.0. The van der Waals surface area contributed by atoms with Crippen LogP contribution in [0.15, 0.2) is 41.6 Å². The molecule has 150 valence electrons. The van der Waals surface area contributed by atoms with Gasteiger partial charge in [0.05, 0.1) is 33.9 Å². The Kier molecular flexibility index (Phi) is 4.10. The van der Waals surface area contributed by atoms with Crippen LogP contribution >= 0.6 is 0 Å². The minimum absolute atomic E-state index is 0.0328. The molecule has 0 atom stereocenters. The third-order valence-electron chi connectivity index (χ3n) is 4.23. The Morgan fingerprint density at radius 1 is 1.07 bits per heavy atom. The minimum atomic E-state index is -4.74. The molecule has 0 saturated carbocycles. The summed E-state index contributed by atoms with van der Waals surface area (Å²) in [4.78, 5) is 20.3. The average Bonchev–Trinajstić information content (AvgIpc) is 3.13. The Morgan fingerprint density at radius 3 is 2.52 bits per heavy atom. The Labute approximate surface area is 156 Å². The molecule has 0 radical (unpaired) electrons. The van der Waals surface area contributed by atoms with E-state index in [9.17, 15) is 31.1 Å². The standard InChI is InChI=1S/C17H9F6N5O/c18-16(19,20)7-28-11-4-8(12-10(17(21,22)23)2-1-3-24-12)5-25-14(11)13-9(15(28)29)6-26-27-13/h1-6H,7H2,(H,26,27). The molecule has 12 heteroatoms. The maximum absolute atomic E-state index is 13.3. The fourth-order valence-electron chi connectivity index (χ4n) is 3.06. The van der Waals surface area contributed by atoms with Crippen molar-refractivity contribution in [3.05, 3.63) is 52.7 Å². The lowest BCUT2D eigenvalue weighted by atomic mass is 10.1. The van der Waals surface area contributed by atoms with Crippen LogP contribution in [-0.4, -0.2) is 30.9 Å². The summed E-state index contributed by atoms with van der Waals surface area (Å²) in [5.74, 6) is 0. The van der Waals surface area contributed by atoms with Crippen molar-refractivity contribution in [3.63, 3.8) is 0 Å². The molecule has 0 aliphatic rings. The minimum Gasteiger partial charge on any atom is -0.297 e. The topological polar surface area (TPSA) is 76.5 Å². The predicted molar refractivity (Wildman–Crippen MR) is 89.9 cm³/mol. The fraction of sp³-hybridized carbons (Fsp3) is 0.176. The molecule has 4 aromatic rings. The molecule has 0 spiro atoms. The lowest BCUT2D eigenvalue weighted by Crippen LogP contribution is -2.28. The van der Waals surface area contributed by atoms with Gasteiger partial charge in [-0.25, -0.2) is 0 Å². The molecule has 0 saturated heterocycles. The van der Waals surface area contributed by atoms with Crippen molar-refractivity contribution in [2.24, 2.45) is 0 Å². The number of aromatic amines is 1. The number of nitrogens with one attached hydrogen (secondary N) is 1. The first-order valence-corrected chi connectivity index (χ1v) is 8.01. The third kappa shape index (κ3) is 3.30. The normalized spacial score (nSPS) is 12.8. The third-order valence-corrected chi connectivity index (χ3v) is 4.23. The number of hydrogen-bond acceptors (Lipinski definition) is 4. The number of aromatic nitrogens is 5. The van der Waals surface area contributed by atoms with Crippen LogP contribution in [0.5, 0.6) is 0 Å². The summed E-state index contributed by atoms with van der Waals surface area (Å²) in [6.45, 7) is -1.64. The second-order valence-corrected chi connectivity index (χ2v) is 6.15. The van der Waals surface area contributed by atoms with Crippen molar-refractivity contribution < 1.29 is 26.3 Å². The summed E-state index contributed by atoms with van der Waals surface area (Å²) in [6.07, 6.45) is -6.23. The second kappa shape index (κ2) is 6.29. The number of fused-ring (bicyclic) bond motifs is 3. The van der Waals surface area contributed by atoms with E-state index >= 15 is 0 Å². The van der Waals surface area contributed by atoms with Gasteiger partial charge in [0, 0.05) is 18.0 Å². The number of halogens is 6. The SMILES string of the molecule is O=c1c2cn[nH]c2c2ncc(-c3ncccc3C(F)(F)F)cc2n1CC(F)(F)F. The van der Waals surface area contributed by atoms with Gasteiger partial charge in [0.2, 0.25) is 0 Å². The Balaban J connectivity index is 2.06. The number of rotatable bonds is 2. The molecule has 4 rings (SSSR count). The zero-order valence-corrected chi connectivity index (χ0v) is 14.1. The van der Waals surface area contributed by atoms with E-state index in [1.807, 2.05) is 0 Å². The Morgan fingerprint density at radius 2 is 1.83 bits per heavy atom. The molecular weight excluding hydrogens is 404 g/mol. The van der Waals surface area contributed by atoms with Gasteiger partial charge < -0.3 is 0 Å². The van der Waals surface area contributed by atoms with Crippen LogP contribution in [-0.2, 0) is 12.7 Å². The molecule has 0 fully saturated rings. The molecule has 29 heavy (non-hydrogen) atoms. The average molecular weight is 413 g/mol. The smallest absolute Gasteiger partial charge is 0.297 e. The number of hydrogen-bond donors (Lipinski definition) is 1. The maximum Gasteiger partial charge on any atom is 0.418 e. The maximum atomic E-state index is 13.3. The summed E-state index contributed by atoms with van der Waals surface area (Å²) in [6, 6.07) is 2.93. The fourth-order valence-corrected chi connectivity index (χ4v) is 3.06. The predicted octanol–water partition coefficient (Wildman–Crippen LogP) is 3.92. The number of alkyl halides is 6. The van der Waals surface area contributed by atoms with E-state index in [1.54, 1.807) is 0 Å².